The van der Waals surface area contributed by atoms with Crippen molar-refractivity contribution < 1.29 is 14.7 Å². The zero-order valence-electron chi connectivity index (χ0n) is 8.40. The molecule has 2 N–H and O–H groups in total. The van der Waals surface area contributed by atoms with E-state index in [1.165, 1.54) is 11.8 Å². The Hall–Kier alpha value is -1.20. The first kappa shape index (κ1) is 11.9. The minimum absolute atomic E-state index is 0.253. The molecule has 82 valence electrons. The van der Waals surface area contributed by atoms with Crippen molar-refractivity contribution in [1.29, 1.82) is 0 Å². The maximum Gasteiger partial charge on any atom is 0.253 e. The zero-order chi connectivity index (χ0) is 11.1. The fourth-order valence-corrected chi connectivity index (χ4v) is 1.80. The first-order chi connectivity index (χ1) is 7.26. The molecule has 0 unspecified atom stereocenters. The van der Waals surface area contributed by atoms with Gasteiger partial charge in [-0.3, -0.25) is 10.0 Å². The molecule has 1 amide bonds. The fourth-order valence-electron chi connectivity index (χ4n) is 1.02. The molecule has 0 radical (unpaired) electrons. The molecule has 0 saturated heterocycles. The first-order valence-electron chi connectivity index (χ1n) is 4.40. The highest BCUT2D eigenvalue weighted by Crippen LogP contribution is 2.16. The third kappa shape index (κ3) is 4.22. The number of amides is 1. The van der Waals surface area contributed by atoms with Gasteiger partial charge in [0.15, 0.2) is 0 Å². The van der Waals surface area contributed by atoms with Crippen LogP contribution in [-0.4, -0.2) is 24.0 Å². The average molecular weight is 227 g/mol. The SMILES string of the molecule is COc1ccc(CSCC(=O)NO)cc1. The van der Waals surface area contributed by atoms with Gasteiger partial charge in [0.2, 0.25) is 0 Å². The molecule has 15 heavy (non-hydrogen) atoms. The van der Waals surface area contributed by atoms with Crippen molar-refractivity contribution in [1.82, 2.24) is 5.48 Å². The molecule has 0 atom stereocenters. The van der Waals surface area contributed by atoms with E-state index in [1.54, 1.807) is 12.6 Å². The van der Waals surface area contributed by atoms with Crippen LogP contribution < -0.4 is 10.2 Å². The number of thioether (sulfide) groups is 1. The van der Waals surface area contributed by atoms with Gasteiger partial charge in [-0.2, -0.15) is 0 Å². The Balaban J connectivity index is 2.34. The van der Waals surface area contributed by atoms with Crippen molar-refractivity contribution in [3.05, 3.63) is 29.8 Å². The third-order valence-electron chi connectivity index (χ3n) is 1.79. The minimum atomic E-state index is -0.381. The van der Waals surface area contributed by atoms with Gasteiger partial charge in [-0.25, -0.2) is 5.48 Å². The Bertz CT molecular complexity index is 313. The van der Waals surface area contributed by atoms with Crippen molar-refractivity contribution in [2.75, 3.05) is 12.9 Å². The predicted molar refractivity (Wildman–Crippen MR) is 59.1 cm³/mol. The molecule has 1 aromatic rings. The molecule has 0 saturated carbocycles. The molecule has 0 fully saturated rings. The van der Waals surface area contributed by atoms with Gasteiger partial charge in [0.25, 0.3) is 5.91 Å². The first-order valence-corrected chi connectivity index (χ1v) is 5.55. The number of hydrogen-bond acceptors (Lipinski definition) is 4. The number of carbonyl (C=O) groups is 1. The number of carbonyl (C=O) groups excluding carboxylic acids is 1. The Morgan fingerprint density at radius 1 is 1.47 bits per heavy atom. The summed E-state index contributed by atoms with van der Waals surface area (Å²) in [5.74, 6) is 1.42. The normalized spacial score (nSPS) is 9.73. The van der Waals surface area contributed by atoms with Crippen LogP contribution >= 0.6 is 11.8 Å². The summed E-state index contributed by atoms with van der Waals surface area (Å²) in [7, 11) is 1.62. The Morgan fingerprint density at radius 3 is 2.67 bits per heavy atom. The summed E-state index contributed by atoms with van der Waals surface area (Å²) in [6, 6.07) is 7.65. The zero-order valence-corrected chi connectivity index (χ0v) is 9.21. The summed E-state index contributed by atoms with van der Waals surface area (Å²) < 4.78 is 5.03. The van der Waals surface area contributed by atoms with Crippen LogP contribution in [0, 0.1) is 0 Å². The lowest BCUT2D eigenvalue weighted by molar-refractivity contribution is -0.126. The maximum absolute atomic E-state index is 10.7. The van der Waals surface area contributed by atoms with Crippen LogP contribution in [0.25, 0.3) is 0 Å². The van der Waals surface area contributed by atoms with E-state index in [9.17, 15) is 4.79 Å². The van der Waals surface area contributed by atoms with Crippen molar-refractivity contribution in [2.45, 2.75) is 5.75 Å². The Kier molecular flexibility index (Phi) is 5.00. The highest BCUT2D eigenvalue weighted by molar-refractivity contribution is 7.99. The summed E-state index contributed by atoms with van der Waals surface area (Å²) in [5.41, 5.74) is 2.71. The average Bonchev–Trinajstić information content (AvgIpc) is 2.29. The number of nitrogens with one attached hydrogen (secondary N) is 1. The second kappa shape index (κ2) is 6.31. The summed E-state index contributed by atoms with van der Waals surface area (Å²) in [6.07, 6.45) is 0. The smallest absolute Gasteiger partial charge is 0.253 e. The van der Waals surface area contributed by atoms with E-state index in [2.05, 4.69) is 0 Å². The lowest BCUT2D eigenvalue weighted by atomic mass is 10.2. The van der Waals surface area contributed by atoms with Crippen LogP contribution in [0.15, 0.2) is 24.3 Å². The third-order valence-corrected chi connectivity index (χ3v) is 2.79. The van der Waals surface area contributed by atoms with E-state index in [4.69, 9.17) is 9.94 Å². The number of benzene rings is 1. The maximum atomic E-state index is 10.7. The molecular formula is C10H13NO3S. The van der Waals surface area contributed by atoms with Crippen molar-refractivity contribution >= 4 is 17.7 Å². The fraction of sp³-hybridized carbons (Fsp3) is 0.300. The molecule has 0 aliphatic heterocycles. The van der Waals surface area contributed by atoms with E-state index in [1.807, 2.05) is 24.3 Å². The van der Waals surface area contributed by atoms with Gasteiger partial charge in [0, 0.05) is 5.75 Å². The number of rotatable bonds is 5. The van der Waals surface area contributed by atoms with Crippen molar-refractivity contribution in [3.8, 4) is 5.75 Å². The molecule has 1 aromatic carbocycles. The number of ether oxygens (including phenoxy) is 1. The molecule has 0 heterocycles. The van der Waals surface area contributed by atoms with Crippen LogP contribution in [0.4, 0.5) is 0 Å². The van der Waals surface area contributed by atoms with Crippen LogP contribution in [0.2, 0.25) is 0 Å². The van der Waals surface area contributed by atoms with Crippen LogP contribution in [0.1, 0.15) is 5.56 Å². The predicted octanol–water partition coefficient (Wildman–Crippen LogP) is 1.43. The lowest BCUT2D eigenvalue weighted by Crippen LogP contribution is -2.20. The summed E-state index contributed by atoms with van der Waals surface area (Å²) in [6.45, 7) is 0. The van der Waals surface area contributed by atoms with Crippen molar-refractivity contribution in [3.63, 3.8) is 0 Å². The topological polar surface area (TPSA) is 58.6 Å². The second-order valence-electron chi connectivity index (χ2n) is 2.88. The second-order valence-corrected chi connectivity index (χ2v) is 3.86. The van der Waals surface area contributed by atoms with E-state index in [-0.39, 0.29) is 11.7 Å². The molecular weight excluding hydrogens is 214 g/mol. The van der Waals surface area contributed by atoms with Gasteiger partial charge < -0.3 is 4.74 Å². The molecule has 5 heteroatoms. The molecule has 1 rings (SSSR count). The highest BCUT2D eigenvalue weighted by atomic mass is 32.2. The number of methoxy groups -OCH3 is 1. The minimum Gasteiger partial charge on any atom is -0.497 e. The van der Waals surface area contributed by atoms with Gasteiger partial charge in [-0.15, -0.1) is 11.8 Å². The van der Waals surface area contributed by atoms with E-state index >= 15 is 0 Å². The molecule has 0 bridgehead atoms. The Morgan fingerprint density at radius 2 is 2.13 bits per heavy atom. The monoisotopic (exact) mass is 227 g/mol. The lowest BCUT2D eigenvalue weighted by Gasteiger charge is -2.02. The highest BCUT2D eigenvalue weighted by Gasteiger charge is 2.00. The van der Waals surface area contributed by atoms with Gasteiger partial charge in [0.1, 0.15) is 5.75 Å². The van der Waals surface area contributed by atoms with E-state index in [0.29, 0.717) is 0 Å². The Labute approximate surface area is 92.6 Å². The van der Waals surface area contributed by atoms with Gasteiger partial charge >= 0.3 is 0 Å². The molecule has 0 aromatic heterocycles. The molecule has 0 aliphatic carbocycles. The number of hydroxylamine groups is 1. The van der Waals surface area contributed by atoms with Crippen LogP contribution in [0.3, 0.4) is 0 Å². The van der Waals surface area contributed by atoms with Gasteiger partial charge in [0.05, 0.1) is 12.9 Å². The summed E-state index contributed by atoms with van der Waals surface area (Å²) in [4.78, 5) is 10.7. The number of hydrogen-bond donors (Lipinski definition) is 2. The van der Waals surface area contributed by atoms with Crippen LogP contribution in [0.5, 0.6) is 5.75 Å². The largest absolute Gasteiger partial charge is 0.497 e. The van der Waals surface area contributed by atoms with E-state index in [0.717, 1.165) is 17.1 Å². The summed E-state index contributed by atoms with van der Waals surface area (Å²) in [5, 5.41) is 8.27. The van der Waals surface area contributed by atoms with Gasteiger partial charge in [-0.1, -0.05) is 12.1 Å². The van der Waals surface area contributed by atoms with E-state index < -0.39 is 0 Å². The molecule has 0 spiro atoms. The molecule has 0 aliphatic rings. The molecule has 4 nitrogen and oxygen atoms in total. The van der Waals surface area contributed by atoms with Crippen LogP contribution in [-0.2, 0) is 10.5 Å². The van der Waals surface area contributed by atoms with Crippen molar-refractivity contribution in [2.24, 2.45) is 0 Å². The standard InChI is InChI=1S/C10H13NO3S/c1-14-9-4-2-8(3-5-9)6-15-7-10(12)11-13/h2-5,13H,6-7H2,1H3,(H,11,12). The summed E-state index contributed by atoms with van der Waals surface area (Å²) >= 11 is 1.44. The van der Waals surface area contributed by atoms with Gasteiger partial charge in [-0.05, 0) is 17.7 Å². The quantitative estimate of drug-likeness (QED) is 0.590.